The second-order valence-electron chi connectivity index (χ2n) is 8.45. The van der Waals surface area contributed by atoms with E-state index in [1.807, 2.05) is 63.4 Å². The van der Waals surface area contributed by atoms with Crippen LogP contribution in [-0.2, 0) is 17.9 Å². The van der Waals surface area contributed by atoms with Crippen LogP contribution >= 0.6 is 0 Å². The molecular formula is C26H28N4O3. The second kappa shape index (κ2) is 9.42. The molecule has 0 spiro atoms. The Hall–Kier alpha value is -3.71. The molecule has 0 fully saturated rings. The van der Waals surface area contributed by atoms with Crippen molar-refractivity contribution in [3.8, 4) is 11.1 Å². The lowest BCUT2D eigenvalue weighted by Gasteiger charge is -2.28. The molecule has 0 aliphatic carbocycles. The number of H-pyrrole nitrogens is 2. The number of benzene rings is 1. The second-order valence-corrected chi connectivity index (χ2v) is 8.45. The predicted octanol–water partition coefficient (Wildman–Crippen LogP) is 4.42. The number of carbonyl (C=O) groups is 1. The number of nitrogens with one attached hydrogen (secondary N) is 2. The van der Waals surface area contributed by atoms with Crippen molar-refractivity contribution in [3.63, 3.8) is 0 Å². The summed E-state index contributed by atoms with van der Waals surface area (Å²) in [5.74, 6) is -0.135. The molecule has 0 unspecified atom stereocenters. The first kappa shape index (κ1) is 22.5. The lowest BCUT2D eigenvalue weighted by atomic mass is 9.99. The molecule has 7 heteroatoms. The number of ether oxygens (including phenoxy) is 1. The molecule has 0 aliphatic heterocycles. The summed E-state index contributed by atoms with van der Waals surface area (Å²) in [5.41, 5.74) is 5.17. The van der Waals surface area contributed by atoms with Crippen molar-refractivity contribution in [1.82, 2.24) is 19.9 Å². The van der Waals surface area contributed by atoms with Gasteiger partial charge < -0.3 is 19.6 Å². The smallest absolute Gasteiger partial charge is 0.255 e. The summed E-state index contributed by atoms with van der Waals surface area (Å²) in [7, 11) is 1.60. The molecule has 0 bridgehead atoms. The van der Waals surface area contributed by atoms with Crippen LogP contribution in [0.15, 0.2) is 59.8 Å². The zero-order chi connectivity index (χ0) is 23.5. The van der Waals surface area contributed by atoms with Gasteiger partial charge in [-0.15, -0.1) is 0 Å². The van der Waals surface area contributed by atoms with Crippen molar-refractivity contribution in [2.75, 3.05) is 7.11 Å². The van der Waals surface area contributed by atoms with E-state index in [9.17, 15) is 9.59 Å². The van der Waals surface area contributed by atoms with Gasteiger partial charge >= 0.3 is 0 Å². The SMILES string of the molecule is COCc1cc(C)[nH]c(=O)c1CN(C(=O)c1cc(-c2cccnc2)cc2[nH]ccc12)C(C)C. The minimum atomic E-state index is -0.198. The lowest BCUT2D eigenvalue weighted by Crippen LogP contribution is -2.38. The molecule has 2 N–H and O–H groups in total. The summed E-state index contributed by atoms with van der Waals surface area (Å²) in [6.45, 7) is 6.24. The average molecular weight is 445 g/mol. The topological polar surface area (TPSA) is 91.1 Å². The van der Waals surface area contributed by atoms with Gasteiger partial charge in [0.25, 0.3) is 11.5 Å². The molecule has 4 rings (SSSR count). The largest absolute Gasteiger partial charge is 0.380 e. The maximum absolute atomic E-state index is 13.9. The maximum atomic E-state index is 13.9. The van der Waals surface area contributed by atoms with Gasteiger partial charge in [-0.3, -0.25) is 14.6 Å². The third-order valence-corrected chi connectivity index (χ3v) is 5.77. The minimum absolute atomic E-state index is 0.121. The average Bonchev–Trinajstić information content (AvgIpc) is 3.27. The summed E-state index contributed by atoms with van der Waals surface area (Å²) >= 11 is 0. The van der Waals surface area contributed by atoms with E-state index >= 15 is 0 Å². The molecule has 0 saturated carbocycles. The Labute approximate surface area is 192 Å². The van der Waals surface area contributed by atoms with Gasteiger partial charge in [-0.2, -0.15) is 0 Å². The van der Waals surface area contributed by atoms with E-state index in [0.717, 1.165) is 33.3 Å². The Morgan fingerprint density at radius 3 is 2.70 bits per heavy atom. The standard InChI is InChI=1S/C26H28N4O3/c1-16(2)30(14-23-20(15-33-4)10-17(3)29-25(23)31)26(32)22-11-19(18-6-5-8-27-13-18)12-24-21(22)7-9-28-24/h5-13,16,28H,14-15H2,1-4H3,(H,29,31). The first-order valence-electron chi connectivity index (χ1n) is 10.9. The molecule has 0 saturated heterocycles. The Morgan fingerprint density at radius 2 is 2.00 bits per heavy atom. The van der Waals surface area contributed by atoms with E-state index in [4.69, 9.17) is 4.74 Å². The maximum Gasteiger partial charge on any atom is 0.255 e. The number of aromatic amines is 2. The normalized spacial score (nSPS) is 11.3. The van der Waals surface area contributed by atoms with Crippen LogP contribution in [0.1, 0.15) is 41.0 Å². The van der Waals surface area contributed by atoms with E-state index in [1.165, 1.54) is 0 Å². The first-order valence-corrected chi connectivity index (χ1v) is 10.9. The van der Waals surface area contributed by atoms with Gasteiger partial charge in [0.05, 0.1) is 13.2 Å². The molecule has 3 heterocycles. The van der Waals surface area contributed by atoms with E-state index in [1.54, 1.807) is 24.4 Å². The van der Waals surface area contributed by atoms with E-state index in [2.05, 4.69) is 15.0 Å². The highest BCUT2D eigenvalue weighted by atomic mass is 16.5. The number of aryl methyl sites for hydroxylation is 1. The van der Waals surface area contributed by atoms with Crippen molar-refractivity contribution in [1.29, 1.82) is 0 Å². The molecule has 0 radical (unpaired) electrons. The van der Waals surface area contributed by atoms with Crippen LogP contribution in [0.4, 0.5) is 0 Å². The molecule has 7 nitrogen and oxygen atoms in total. The predicted molar refractivity (Wildman–Crippen MR) is 129 cm³/mol. The van der Waals surface area contributed by atoms with E-state index < -0.39 is 0 Å². The Bertz CT molecular complexity index is 1340. The number of fused-ring (bicyclic) bond motifs is 1. The van der Waals surface area contributed by atoms with Crippen LogP contribution in [0.2, 0.25) is 0 Å². The van der Waals surface area contributed by atoms with Crippen LogP contribution < -0.4 is 5.56 Å². The van der Waals surface area contributed by atoms with Gasteiger partial charge in [0, 0.05) is 65.0 Å². The fourth-order valence-corrected chi connectivity index (χ4v) is 4.10. The molecule has 3 aromatic heterocycles. The lowest BCUT2D eigenvalue weighted by molar-refractivity contribution is 0.0689. The molecule has 170 valence electrons. The fraction of sp³-hybridized carbons (Fsp3) is 0.269. The van der Waals surface area contributed by atoms with Crippen LogP contribution in [0.25, 0.3) is 22.0 Å². The van der Waals surface area contributed by atoms with Crippen molar-refractivity contribution in [2.45, 2.75) is 40.0 Å². The number of hydrogen-bond acceptors (Lipinski definition) is 4. The molecule has 1 aromatic carbocycles. The molecular weight excluding hydrogens is 416 g/mol. The van der Waals surface area contributed by atoms with Crippen LogP contribution in [-0.4, -0.2) is 38.9 Å². The molecule has 4 aromatic rings. The summed E-state index contributed by atoms with van der Waals surface area (Å²) in [6, 6.07) is 11.4. The van der Waals surface area contributed by atoms with E-state index in [-0.39, 0.29) is 24.1 Å². The summed E-state index contributed by atoms with van der Waals surface area (Å²) in [5, 5.41) is 0.841. The number of nitrogens with zero attached hydrogens (tertiary/aromatic N) is 2. The number of methoxy groups -OCH3 is 1. The number of hydrogen-bond donors (Lipinski definition) is 2. The third-order valence-electron chi connectivity index (χ3n) is 5.77. The van der Waals surface area contributed by atoms with Crippen molar-refractivity contribution < 1.29 is 9.53 Å². The number of amides is 1. The highest BCUT2D eigenvalue weighted by molar-refractivity contribution is 6.08. The Morgan fingerprint density at radius 1 is 1.18 bits per heavy atom. The van der Waals surface area contributed by atoms with Crippen LogP contribution in [0, 0.1) is 6.92 Å². The monoisotopic (exact) mass is 444 g/mol. The molecule has 0 aliphatic rings. The number of rotatable bonds is 7. The van der Waals surface area contributed by atoms with Crippen molar-refractivity contribution in [2.24, 2.45) is 0 Å². The minimum Gasteiger partial charge on any atom is -0.380 e. The Kier molecular flexibility index (Phi) is 6.42. The highest BCUT2D eigenvalue weighted by Crippen LogP contribution is 2.29. The zero-order valence-electron chi connectivity index (χ0n) is 19.3. The number of pyridine rings is 2. The Balaban J connectivity index is 1.79. The van der Waals surface area contributed by atoms with Crippen molar-refractivity contribution in [3.05, 3.63) is 87.7 Å². The molecule has 1 amide bonds. The number of aromatic nitrogens is 3. The molecule has 0 atom stereocenters. The van der Waals surface area contributed by atoms with Gasteiger partial charge in [0.15, 0.2) is 0 Å². The third kappa shape index (κ3) is 4.59. The van der Waals surface area contributed by atoms with Gasteiger partial charge in [-0.05, 0) is 62.2 Å². The quantitative estimate of drug-likeness (QED) is 0.441. The van der Waals surface area contributed by atoms with Gasteiger partial charge in [-0.1, -0.05) is 6.07 Å². The fourth-order valence-electron chi connectivity index (χ4n) is 4.10. The first-order chi connectivity index (χ1) is 15.9. The summed E-state index contributed by atoms with van der Waals surface area (Å²) in [6.07, 6.45) is 5.33. The van der Waals surface area contributed by atoms with Gasteiger partial charge in [0.2, 0.25) is 0 Å². The van der Waals surface area contributed by atoms with Gasteiger partial charge in [-0.25, -0.2) is 0 Å². The molecule has 33 heavy (non-hydrogen) atoms. The summed E-state index contributed by atoms with van der Waals surface area (Å²) in [4.78, 5) is 38.7. The number of carbonyl (C=O) groups excluding carboxylic acids is 1. The van der Waals surface area contributed by atoms with Crippen LogP contribution in [0.5, 0.6) is 0 Å². The summed E-state index contributed by atoms with van der Waals surface area (Å²) < 4.78 is 5.31. The van der Waals surface area contributed by atoms with Crippen molar-refractivity contribution >= 4 is 16.8 Å². The highest BCUT2D eigenvalue weighted by Gasteiger charge is 2.24. The van der Waals surface area contributed by atoms with Crippen LogP contribution in [0.3, 0.4) is 0 Å². The zero-order valence-corrected chi connectivity index (χ0v) is 19.3. The van der Waals surface area contributed by atoms with E-state index in [0.29, 0.717) is 17.7 Å². The van der Waals surface area contributed by atoms with Gasteiger partial charge in [0.1, 0.15) is 0 Å².